The number of nitrogens with one attached hydrogen (secondary N) is 2. The molecule has 0 saturated carbocycles. The number of amides is 1. The van der Waals surface area contributed by atoms with Crippen molar-refractivity contribution in [3.63, 3.8) is 0 Å². The zero-order valence-corrected chi connectivity index (χ0v) is 24.0. The zero-order valence-electron chi connectivity index (χ0n) is 24.0. The number of piperidine rings is 2. The van der Waals surface area contributed by atoms with Crippen molar-refractivity contribution in [1.82, 2.24) is 20.1 Å². The highest BCUT2D eigenvalue weighted by atomic mass is 19.1. The van der Waals surface area contributed by atoms with Crippen LogP contribution in [-0.4, -0.2) is 76.7 Å². The number of ether oxygens (including phenoxy) is 1. The fourth-order valence-electron chi connectivity index (χ4n) is 6.36. The fraction of sp³-hybridized carbons (Fsp3) is 0.469. The average Bonchev–Trinajstić information content (AvgIpc) is 3.59. The number of furan rings is 1. The van der Waals surface area contributed by atoms with E-state index in [0.29, 0.717) is 29.0 Å². The first-order valence-electron chi connectivity index (χ1n) is 14.8. The summed E-state index contributed by atoms with van der Waals surface area (Å²) in [5, 5.41) is 14.2. The van der Waals surface area contributed by atoms with Crippen LogP contribution in [0.15, 0.2) is 47.1 Å². The summed E-state index contributed by atoms with van der Waals surface area (Å²) in [4.78, 5) is 21.3. The molecule has 6 rings (SSSR count). The quantitative estimate of drug-likeness (QED) is 0.270. The summed E-state index contributed by atoms with van der Waals surface area (Å²) in [6, 6.07) is 9.77. The van der Waals surface area contributed by atoms with Gasteiger partial charge in [0.2, 0.25) is 0 Å². The Morgan fingerprint density at radius 2 is 2.00 bits per heavy atom. The monoisotopic (exact) mass is 580 g/mol. The van der Waals surface area contributed by atoms with Crippen LogP contribution in [0.3, 0.4) is 0 Å². The number of hydrogen-bond donors (Lipinski definition) is 3. The van der Waals surface area contributed by atoms with E-state index in [0.717, 1.165) is 75.0 Å². The number of benzene rings is 2. The third-order valence-electron chi connectivity index (χ3n) is 8.88. The van der Waals surface area contributed by atoms with Gasteiger partial charge in [0.25, 0.3) is 5.91 Å². The van der Waals surface area contributed by atoms with Gasteiger partial charge in [0.05, 0.1) is 17.8 Å². The van der Waals surface area contributed by atoms with Gasteiger partial charge in [-0.3, -0.25) is 9.69 Å². The number of aromatic nitrogens is 1. The van der Waals surface area contributed by atoms with Gasteiger partial charge in [0.1, 0.15) is 35.3 Å². The van der Waals surface area contributed by atoms with Crippen LogP contribution in [0.4, 0.5) is 8.78 Å². The van der Waals surface area contributed by atoms with E-state index in [-0.39, 0.29) is 35.6 Å². The van der Waals surface area contributed by atoms with Crippen LogP contribution < -0.4 is 10.1 Å². The van der Waals surface area contributed by atoms with Crippen LogP contribution in [0.5, 0.6) is 5.75 Å². The number of fused-ring (bicyclic) bond motifs is 2. The van der Waals surface area contributed by atoms with Gasteiger partial charge in [-0.05, 0) is 50.3 Å². The van der Waals surface area contributed by atoms with E-state index in [1.54, 1.807) is 12.1 Å². The molecular formula is C32H38F2N4O4. The van der Waals surface area contributed by atoms with E-state index >= 15 is 0 Å². The van der Waals surface area contributed by atoms with Gasteiger partial charge < -0.3 is 29.5 Å². The molecule has 2 saturated heterocycles. The van der Waals surface area contributed by atoms with Crippen LogP contribution >= 0.6 is 0 Å². The van der Waals surface area contributed by atoms with Gasteiger partial charge >= 0.3 is 0 Å². The van der Waals surface area contributed by atoms with Crippen LogP contribution in [0, 0.1) is 17.6 Å². The first kappa shape index (κ1) is 28.6. The summed E-state index contributed by atoms with van der Waals surface area (Å²) >= 11 is 0. The Kier molecular flexibility index (Phi) is 8.20. The number of halogens is 2. The first-order valence-corrected chi connectivity index (χ1v) is 14.8. The fourth-order valence-corrected chi connectivity index (χ4v) is 6.36. The Balaban J connectivity index is 1.04. The molecule has 2 aliphatic heterocycles. The molecule has 3 atom stereocenters. The lowest BCUT2D eigenvalue weighted by atomic mass is 9.95. The molecule has 2 fully saturated rings. The Morgan fingerprint density at radius 3 is 2.79 bits per heavy atom. The lowest BCUT2D eigenvalue weighted by molar-refractivity contribution is 0.0115. The number of nitrogens with zero attached hydrogens (tertiary/aromatic N) is 2. The number of likely N-dealkylation sites (tertiary alicyclic amines) is 2. The molecule has 0 unspecified atom stereocenters. The average molecular weight is 581 g/mol. The molecule has 8 nitrogen and oxygen atoms in total. The molecule has 4 heterocycles. The SMILES string of the molecule is C[C@H]1CN([C@@H](C)CN2CCC(NC(=O)c3cc4c(OCc5coc6cc(F)cc(F)c56)cccc4[nH]3)CC2)CC[C@@H]1O. The van der Waals surface area contributed by atoms with E-state index in [2.05, 4.69) is 33.9 Å². The minimum absolute atomic E-state index is 0.0251. The summed E-state index contributed by atoms with van der Waals surface area (Å²) < 4.78 is 39.2. The highest BCUT2D eigenvalue weighted by Crippen LogP contribution is 2.30. The van der Waals surface area contributed by atoms with Gasteiger partial charge in [-0.1, -0.05) is 13.0 Å². The maximum atomic E-state index is 14.4. The van der Waals surface area contributed by atoms with Crippen LogP contribution in [0.25, 0.3) is 21.9 Å². The molecule has 42 heavy (non-hydrogen) atoms. The van der Waals surface area contributed by atoms with Gasteiger partial charge in [0.15, 0.2) is 0 Å². The predicted molar refractivity (Wildman–Crippen MR) is 157 cm³/mol. The lowest BCUT2D eigenvalue weighted by Gasteiger charge is -2.41. The predicted octanol–water partition coefficient (Wildman–Crippen LogP) is 5.06. The third-order valence-corrected chi connectivity index (χ3v) is 8.88. The van der Waals surface area contributed by atoms with Crippen molar-refractivity contribution in [3.8, 4) is 5.75 Å². The highest BCUT2D eigenvalue weighted by molar-refractivity contribution is 5.99. The van der Waals surface area contributed by atoms with Crippen molar-refractivity contribution in [2.75, 3.05) is 32.7 Å². The number of rotatable bonds is 8. The van der Waals surface area contributed by atoms with Gasteiger partial charge in [-0.2, -0.15) is 0 Å². The standard InChI is InChI=1S/C32H38F2N4O4/c1-19-15-38(11-8-28(19)39)20(2)16-37-9-6-23(7-10-37)35-32(40)27-14-24-26(36-27)4-3-5-29(24)41-17-21-18-42-30-13-22(33)12-25(34)31(21)30/h3-5,12-14,18-20,23,28,36,39H,6-11,15-17H2,1-2H3,(H,35,40)/t19-,20-,28-/m0/s1. The molecular weight excluding hydrogens is 542 g/mol. The molecule has 0 radical (unpaired) electrons. The Bertz CT molecular complexity index is 1560. The minimum atomic E-state index is -0.700. The molecule has 2 aliphatic rings. The molecule has 0 aliphatic carbocycles. The van der Waals surface area contributed by atoms with Crippen molar-refractivity contribution >= 4 is 27.8 Å². The Hall–Kier alpha value is -3.47. The normalized spacial score (nSPS) is 21.6. The number of aliphatic hydroxyl groups is 1. The maximum Gasteiger partial charge on any atom is 0.267 e. The third kappa shape index (κ3) is 6.02. The summed E-state index contributed by atoms with van der Waals surface area (Å²) in [5.74, 6) is -0.708. The smallest absolute Gasteiger partial charge is 0.267 e. The minimum Gasteiger partial charge on any atom is -0.488 e. The van der Waals surface area contributed by atoms with Crippen molar-refractivity contribution in [1.29, 1.82) is 0 Å². The molecule has 0 bridgehead atoms. The van der Waals surface area contributed by atoms with Crippen molar-refractivity contribution in [2.24, 2.45) is 5.92 Å². The van der Waals surface area contributed by atoms with Crippen LogP contribution in [0.2, 0.25) is 0 Å². The van der Waals surface area contributed by atoms with E-state index in [4.69, 9.17) is 9.15 Å². The van der Waals surface area contributed by atoms with E-state index in [1.165, 1.54) is 6.26 Å². The number of hydrogen-bond acceptors (Lipinski definition) is 6. The van der Waals surface area contributed by atoms with Gasteiger partial charge in [-0.15, -0.1) is 0 Å². The van der Waals surface area contributed by atoms with E-state index in [9.17, 15) is 18.7 Å². The summed E-state index contributed by atoms with van der Waals surface area (Å²) in [6.45, 7) is 9.15. The second-order valence-corrected chi connectivity index (χ2v) is 11.9. The molecule has 10 heteroatoms. The van der Waals surface area contributed by atoms with Crippen molar-refractivity contribution < 1.29 is 27.8 Å². The van der Waals surface area contributed by atoms with Crippen molar-refractivity contribution in [3.05, 3.63) is 65.6 Å². The van der Waals surface area contributed by atoms with E-state index < -0.39 is 11.6 Å². The Labute approximate surface area is 243 Å². The molecule has 0 spiro atoms. The van der Waals surface area contributed by atoms with Crippen LogP contribution in [0.1, 0.15) is 49.2 Å². The lowest BCUT2D eigenvalue weighted by Crippen LogP contribution is -2.52. The highest BCUT2D eigenvalue weighted by Gasteiger charge is 2.29. The van der Waals surface area contributed by atoms with E-state index in [1.807, 2.05) is 12.1 Å². The topological polar surface area (TPSA) is 94.0 Å². The second-order valence-electron chi connectivity index (χ2n) is 11.9. The number of H-pyrrole nitrogens is 1. The zero-order chi connectivity index (χ0) is 29.4. The molecule has 2 aromatic heterocycles. The summed E-state index contributed by atoms with van der Waals surface area (Å²) in [7, 11) is 0. The second kappa shape index (κ2) is 12.0. The largest absolute Gasteiger partial charge is 0.488 e. The summed E-state index contributed by atoms with van der Waals surface area (Å²) in [6.07, 6.45) is 3.80. The molecule has 4 aromatic rings. The number of aliphatic hydroxyl groups excluding tert-OH is 1. The summed E-state index contributed by atoms with van der Waals surface area (Å²) in [5.41, 5.74) is 1.81. The van der Waals surface area contributed by atoms with Crippen molar-refractivity contribution in [2.45, 2.75) is 57.9 Å². The number of aromatic amines is 1. The van der Waals surface area contributed by atoms with Gasteiger partial charge in [-0.25, -0.2) is 8.78 Å². The first-order chi connectivity index (χ1) is 20.2. The molecule has 224 valence electrons. The molecule has 3 N–H and O–H groups in total. The molecule has 2 aromatic carbocycles. The number of carbonyl (C=O) groups excluding carboxylic acids is 1. The maximum absolute atomic E-state index is 14.4. The van der Waals surface area contributed by atoms with Crippen LogP contribution in [-0.2, 0) is 6.61 Å². The molecule has 1 amide bonds. The Morgan fingerprint density at radius 1 is 1.19 bits per heavy atom. The number of carbonyl (C=O) groups is 1. The van der Waals surface area contributed by atoms with Gasteiger partial charge in [0, 0.05) is 73.4 Å².